The molecule has 8 nitrogen and oxygen atoms in total. The molecule has 0 aromatic heterocycles. The van der Waals surface area contributed by atoms with E-state index < -0.39 is 33.3 Å². The first-order valence-corrected chi connectivity index (χ1v) is 9.69. The lowest BCUT2D eigenvalue weighted by Crippen LogP contribution is -2.11. The summed E-state index contributed by atoms with van der Waals surface area (Å²) in [6, 6.07) is 17.8. The molecule has 0 radical (unpaired) electrons. The van der Waals surface area contributed by atoms with E-state index in [4.69, 9.17) is 4.74 Å². The maximum atomic E-state index is 12.8. The Balaban J connectivity index is 1.94. The quantitative estimate of drug-likeness (QED) is 0.268. The summed E-state index contributed by atoms with van der Waals surface area (Å²) < 4.78 is 5.61. The van der Waals surface area contributed by atoms with Crippen molar-refractivity contribution in [3.63, 3.8) is 0 Å². The molecule has 32 heavy (non-hydrogen) atoms. The number of hydrogen-bond acceptors (Lipinski definition) is 6. The minimum Gasteiger partial charge on any atom is -0.450 e. The van der Waals surface area contributed by atoms with Crippen molar-refractivity contribution in [2.24, 2.45) is 0 Å². The molecule has 0 spiro atoms. The first-order chi connectivity index (χ1) is 15.2. The Bertz CT molecular complexity index is 1150. The first-order valence-electron chi connectivity index (χ1n) is 9.69. The standard InChI is InChI=1S/C24H20N2O6/c1-16-3-7-18(8-4-16)9-12-23(19-10-5-17(2)6-11-19)32-24(27)20-13-21(25(28)29)15-22(14-20)26(30)31/h3-15,23H,1-2H3/b12-9+. The normalized spacial score (nSPS) is 11.8. The van der Waals surface area contributed by atoms with Gasteiger partial charge in [-0.2, -0.15) is 0 Å². The van der Waals surface area contributed by atoms with E-state index in [0.29, 0.717) is 5.56 Å². The number of ether oxygens (including phenoxy) is 1. The topological polar surface area (TPSA) is 113 Å². The fraction of sp³-hybridized carbons (Fsp3) is 0.125. The third-order valence-corrected chi connectivity index (χ3v) is 4.74. The van der Waals surface area contributed by atoms with E-state index in [1.807, 2.05) is 62.4 Å². The Morgan fingerprint density at radius 1 is 0.844 bits per heavy atom. The second kappa shape index (κ2) is 9.65. The van der Waals surface area contributed by atoms with E-state index in [1.54, 1.807) is 12.2 Å². The van der Waals surface area contributed by atoms with Crippen molar-refractivity contribution < 1.29 is 19.4 Å². The number of carbonyl (C=O) groups excluding carboxylic acids is 1. The van der Waals surface area contributed by atoms with E-state index in [1.165, 1.54) is 0 Å². The number of hydrogen-bond donors (Lipinski definition) is 0. The van der Waals surface area contributed by atoms with Crippen molar-refractivity contribution in [1.29, 1.82) is 0 Å². The predicted octanol–water partition coefficient (Wildman–Crippen LogP) is 5.73. The first kappa shape index (κ1) is 22.4. The van der Waals surface area contributed by atoms with Crippen LogP contribution in [-0.4, -0.2) is 15.8 Å². The molecule has 0 N–H and O–H groups in total. The van der Waals surface area contributed by atoms with Crippen LogP contribution in [0.4, 0.5) is 11.4 Å². The Morgan fingerprint density at radius 3 is 1.84 bits per heavy atom. The van der Waals surface area contributed by atoms with Crippen LogP contribution >= 0.6 is 0 Å². The Labute approximate surface area is 184 Å². The zero-order chi connectivity index (χ0) is 23.3. The SMILES string of the molecule is Cc1ccc(/C=C/C(OC(=O)c2cc([N+](=O)[O-])cc([N+](=O)[O-])c2)c2ccc(C)cc2)cc1. The highest BCUT2D eigenvalue weighted by atomic mass is 16.6. The number of carbonyl (C=O) groups is 1. The maximum absolute atomic E-state index is 12.8. The highest BCUT2D eigenvalue weighted by Gasteiger charge is 2.23. The van der Waals surface area contributed by atoms with E-state index >= 15 is 0 Å². The molecule has 0 bridgehead atoms. The zero-order valence-electron chi connectivity index (χ0n) is 17.4. The number of esters is 1. The summed E-state index contributed by atoms with van der Waals surface area (Å²) in [5.41, 5.74) is 2.32. The molecule has 1 unspecified atom stereocenters. The molecule has 0 aliphatic rings. The molecule has 0 saturated carbocycles. The van der Waals surface area contributed by atoms with Gasteiger partial charge < -0.3 is 4.74 Å². The second-order valence-electron chi connectivity index (χ2n) is 7.26. The third-order valence-electron chi connectivity index (χ3n) is 4.74. The fourth-order valence-corrected chi connectivity index (χ4v) is 2.96. The largest absolute Gasteiger partial charge is 0.450 e. The molecule has 0 amide bonds. The van der Waals surface area contributed by atoms with Crippen LogP contribution in [0, 0.1) is 34.1 Å². The molecule has 3 aromatic carbocycles. The lowest BCUT2D eigenvalue weighted by atomic mass is 10.0. The van der Waals surface area contributed by atoms with Crippen LogP contribution < -0.4 is 0 Å². The molecular weight excluding hydrogens is 412 g/mol. The molecule has 0 aliphatic carbocycles. The minimum absolute atomic E-state index is 0.272. The van der Waals surface area contributed by atoms with Crippen molar-refractivity contribution in [3.05, 3.63) is 121 Å². The lowest BCUT2D eigenvalue weighted by molar-refractivity contribution is -0.394. The van der Waals surface area contributed by atoms with Crippen LogP contribution in [0.25, 0.3) is 6.08 Å². The van der Waals surface area contributed by atoms with E-state index in [2.05, 4.69) is 0 Å². The smallest absolute Gasteiger partial charge is 0.339 e. The van der Waals surface area contributed by atoms with Gasteiger partial charge in [0.1, 0.15) is 6.10 Å². The van der Waals surface area contributed by atoms with Gasteiger partial charge in [0.2, 0.25) is 0 Å². The average Bonchev–Trinajstić information content (AvgIpc) is 2.77. The van der Waals surface area contributed by atoms with Gasteiger partial charge in [-0.1, -0.05) is 65.7 Å². The summed E-state index contributed by atoms with van der Waals surface area (Å²) in [7, 11) is 0. The van der Waals surface area contributed by atoms with Crippen LogP contribution in [0.15, 0.2) is 72.8 Å². The molecule has 1 atom stereocenters. The summed E-state index contributed by atoms with van der Waals surface area (Å²) >= 11 is 0. The minimum atomic E-state index is -0.907. The Kier molecular flexibility index (Phi) is 6.74. The van der Waals surface area contributed by atoms with Crippen LogP contribution in [0.3, 0.4) is 0 Å². The van der Waals surface area contributed by atoms with E-state index in [9.17, 15) is 25.0 Å². The number of nitro groups is 2. The molecule has 3 aromatic rings. The van der Waals surface area contributed by atoms with E-state index in [0.717, 1.165) is 34.9 Å². The highest BCUT2D eigenvalue weighted by Crippen LogP contribution is 2.27. The van der Waals surface area contributed by atoms with Gasteiger partial charge in [-0.25, -0.2) is 4.79 Å². The highest BCUT2D eigenvalue weighted by molar-refractivity contribution is 5.91. The molecule has 8 heteroatoms. The molecule has 162 valence electrons. The number of rotatable bonds is 7. The lowest BCUT2D eigenvalue weighted by Gasteiger charge is -2.15. The Morgan fingerprint density at radius 2 is 1.34 bits per heavy atom. The van der Waals surface area contributed by atoms with Gasteiger partial charge in [-0.05, 0) is 31.1 Å². The van der Waals surface area contributed by atoms with Gasteiger partial charge in [0, 0.05) is 12.1 Å². The molecule has 0 heterocycles. The molecule has 0 saturated heterocycles. The van der Waals surface area contributed by atoms with Gasteiger partial charge >= 0.3 is 5.97 Å². The average molecular weight is 432 g/mol. The number of aryl methyl sites for hydroxylation is 2. The summed E-state index contributed by atoms with van der Waals surface area (Å²) in [6.07, 6.45) is 2.69. The zero-order valence-corrected chi connectivity index (χ0v) is 17.4. The summed E-state index contributed by atoms with van der Waals surface area (Å²) in [6.45, 7) is 3.90. The number of nitrogens with zero attached hydrogens (tertiary/aromatic N) is 2. The van der Waals surface area contributed by atoms with Crippen molar-refractivity contribution in [2.75, 3.05) is 0 Å². The monoisotopic (exact) mass is 432 g/mol. The molecule has 0 aliphatic heterocycles. The fourth-order valence-electron chi connectivity index (χ4n) is 2.96. The number of nitro benzene ring substituents is 2. The molecule has 0 fully saturated rings. The Hall–Kier alpha value is -4.33. The van der Waals surface area contributed by atoms with Gasteiger partial charge in [0.25, 0.3) is 11.4 Å². The van der Waals surface area contributed by atoms with Crippen LogP contribution in [0.1, 0.15) is 38.7 Å². The summed E-state index contributed by atoms with van der Waals surface area (Å²) in [5, 5.41) is 22.3. The molecule has 3 rings (SSSR count). The van der Waals surface area contributed by atoms with Gasteiger partial charge in [-0.3, -0.25) is 20.2 Å². The van der Waals surface area contributed by atoms with Crippen molar-refractivity contribution in [1.82, 2.24) is 0 Å². The van der Waals surface area contributed by atoms with Crippen molar-refractivity contribution >= 4 is 23.4 Å². The molecular formula is C24H20N2O6. The van der Waals surface area contributed by atoms with Gasteiger partial charge in [0.05, 0.1) is 21.5 Å². The maximum Gasteiger partial charge on any atom is 0.339 e. The van der Waals surface area contributed by atoms with Gasteiger partial charge in [0.15, 0.2) is 0 Å². The summed E-state index contributed by atoms with van der Waals surface area (Å²) in [5.74, 6) is -0.907. The number of benzene rings is 3. The van der Waals surface area contributed by atoms with E-state index in [-0.39, 0.29) is 5.56 Å². The predicted molar refractivity (Wildman–Crippen MR) is 119 cm³/mol. The van der Waals surface area contributed by atoms with Gasteiger partial charge in [-0.15, -0.1) is 0 Å². The van der Waals surface area contributed by atoms with Crippen LogP contribution in [0.2, 0.25) is 0 Å². The second-order valence-corrected chi connectivity index (χ2v) is 7.26. The van der Waals surface area contributed by atoms with Crippen LogP contribution in [0.5, 0.6) is 0 Å². The third kappa shape index (κ3) is 5.63. The number of non-ortho nitro benzene ring substituents is 2. The van der Waals surface area contributed by atoms with Crippen molar-refractivity contribution in [3.8, 4) is 0 Å². The van der Waals surface area contributed by atoms with Crippen molar-refractivity contribution in [2.45, 2.75) is 20.0 Å². The summed E-state index contributed by atoms with van der Waals surface area (Å²) in [4.78, 5) is 33.5. The van der Waals surface area contributed by atoms with Crippen LogP contribution in [-0.2, 0) is 4.74 Å².